The lowest BCUT2D eigenvalue weighted by Gasteiger charge is -2.22. The SMILES string of the molecule is O=C(c1cc2c(cc1Br)OCCO2)C(F)(F)C(F)(F)F. The van der Waals surface area contributed by atoms with Gasteiger partial charge in [-0.15, -0.1) is 0 Å². The summed E-state index contributed by atoms with van der Waals surface area (Å²) in [5.41, 5.74) is -0.823. The molecule has 0 saturated carbocycles. The van der Waals surface area contributed by atoms with Crippen molar-refractivity contribution in [1.29, 1.82) is 0 Å². The Bertz CT molecular complexity index is 556. The van der Waals surface area contributed by atoms with Crippen molar-refractivity contribution in [3.63, 3.8) is 0 Å². The minimum absolute atomic E-state index is 0.0548. The third-order valence-corrected chi connectivity index (χ3v) is 3.17. The summed E-state index contributed by atoms with van der Waals surface area (Å²) >= 11 is 2.78. The first kappa shape index (κ1) is 15.0. The molecule has 1 aromatic carbocycles. The lowest BCUT2D eigenvalue weighted by atomic mass is 10.0. The zero-order valence-electron chi connectivity index (χ0n) is 9.56. The van der Waals surface area contributed by atoms with Crippen LogP contribution in [0.15, 0.2) is 16.6 Å². The molecule has 3 nitrogen and oxygen atoms in total. The first-order valence-corrected chi connectivity index (χ1v) is 6.02. The van der Waals surface area contributed by atoms with E-state index < -0.39 is 23.4 Å². The van der Waals surface area contributed by atoms with Crippen molar-refractivity contribution in [2.45, 2.75) is 12.1 Å². The van der Waals surface area contributed by atoms with Crippen LogP contribution in [0.5, 0.6) is 11.5 Å². The summed E-state index contributed by atoms with van der Waals surface area (Å²) < 4.78 is 72.6. The summed E-state index contributed by atoms with van der Waals surface area (Å²) in [6, 6.07) is 1.93. The molecule has 20 heavy (non-hydrogen) atoms. The van der Waals surface area contributed by atoms with Gasteiger partial charge in [-0.2, -0.15) is 22.0 Å². The number of fused-ring (bicyclic) bond motifs is 1. The van der Waals surface area contributed by atoms with Crippen LogP contribution in [0.3, 0.4) is 0 Å². The Morgan fingerprint density at radius 2 is 1.55 bits per heavy atom. The Balaban J connectivity index is 2.45. The Kier molecular flexibility index (Phi) is 3.66. The molecule has 110 valence electrons. The second-order valence-corrected chi connectivity index (χ2v) is 4.73. The Hall–Kier alpha value is -1.38. The molecule has 0 fully saturated rings. The highest BCUT2D eigenvalue weighted by Gasteiger charge is 2.63. The van der Waals surface area contributed by atoms with Gasteiger partial charge in [-0.25, -0.2) is 0 Å². The Morgan fingerprint density at radius 3 is 2.05 bits per heavy atom. The number of ketones is 1. The van der Waals surface area contributed by atoms with Gasteiger partial charge in [0.1, 0.15) is 13.2 Å². The summed E-state index contributed by atoms with van der Waals surface area (Å²) in [4.78, 5) is 11.4. The predicted molar refractivity (Wildman–Crippen MR) is 60.5 cm³/mol. The van der Waals surface area contributed by atoms with E-state index >= 15 is 0 Å². The second kappa shape index (κ2) is 4.87. The molecule has 0 aromatic heterocycles. The average Bonchev–Trinajstić information content (AvgIpc) is 2.35. The standard InChI is InChI=1S/C11H6BrF5O3/c12-6-4-8-7(19-1-2-20-8)3-5(6)9(18)10(13,14)11(15,16)17/h3-4H,1-2H2. The van der Waals surface area contributed by atoms with E-state index in [1.54, 1.807) is 0 Å². The van der Waals surface area contributed by atoms with E-state index in [4.69, 9.17) is 9.47 Å². The number of carbonyl (C=O) groups excluding carboxylic acids is 1. The molecule has 0 radical (unpaired) electrons. The smallest absolute Gasteiger partial charge is 0.461 e. The highest BCUT2D eigenvalue weighted by Crippen LogP contribution is 2.42. The van der Waals surface area contributed by atoms with Crippen molar-refractivity contribution in [3.05, 3.63) is 22.2 Å². The van der Waals surface area contributed by atoms with Crippen molar-refractivity contribution >= 4 is 21.7 Å². The normalized spacial score (nSPS) is 15.1. The van der Waals surface area contributed by atoms with Gasteiger partial charge in [0.25, 0.3) is 0 Å². The van der Waals surface area contributed by atoms with E-state index in [-0.39, 0.29) is 29.2 Å². The molecule has 1 heterocycles. The van der Waals surface area contributed by atoms with E-state index in [0.29, 0.717) is 0 Å². The molecule has 0 unspecified atom stereocenters. The summed E-state index contributed by atoms with van der Waals surface area (Å²) in [7, 11) is 0. The monoisotopic (exact) mass is 360 g/mol. The maximum Gasteiger partial charge on any atom is 0.461 e. The van der Waals surface area contributed by atoms with Crippen LogP contribution < -0.4 is 9.47 Å². The third kappa shape index (κ3) is 2.46. The van der Waals surface area contributed by atoms with E-state index in [1.165, 1.54) is 0 Å². The fourth-order valence-corrected chi connectivity index (χ4v) is 2.04. The van der Waals surface area contributed by atoms with Crippen molar-refractivity contribution in [1.82, 2.24) is 0 Å². The van der Waals surface area contributed by atoms with Gasteiger partial charge >= 0.3 is 12.1 Å². The van der Waals surface area contributed by atoms with Gasteiger partial charge < -0.3 is 9.47 Å². The molecular weight excluding hydrogens is 355 g/mol. The zero-order chi connectivity index (χ0) is 15.1. The van der Waals surface area contributed by atoms with Crippen LogP contribution in [0.1, 0.15) is 10.4 Å². The zero-order valence-corrected chi connectivity index (χ0v) is 11.1. The van der Waals surface area contributed by atoms with Gasteiger partial charge in [0.15, 0.2) is 11.5 Å². The number of benzene rings is 1. The van der Waals surface area contributed by atoms with Crippen molar-refractivity contribution < 1.29 is 36.2 Å². The van der Waals surface area contributed by atoms with E-state index in [9.17, 15) is 26.7 Å². The van der Waals surface area contributed by atoms with Crippen LogP contribution >= 0.6 is 15.9 Å². The van der Waals surface area contributed by atoms with Gasteiger partial charge in [0.2, 0.25) is 5.78 Å². The third-order valence-electron chi connectivity index (χ3n) is 2.52. The van der Waals surface area contributed by atoms with Crippen LogP contribution in [0.2, 0.25) is 0 Å². The number of alkyl halides is 5. The molecule has 1 aliphatic heterocycles. The fourth-order valence-electron chi connectivity index (χ4n) is 1.54. The van der Waals surface area contributed by atoms with Crippen LogP contribution in [0, 0.1) is 0 Å². The summed E-state index contributed by atoms with van der Waals surface area (Å²) in [6.07, 6.45) is -5.96. The van der Waals surface area contributed by atoms with Crippen LogP contribution in [0.25, 0.3) is 0 Å². The molecule has 0 atom stereocenters. The van der Waals surface area contributed by atoms with Gasteiger partial charge in [-0.3, -0.25) is 4.79 Å². The highest BCUT2D eigenvalue weighted by molar-refractivity contribution is 9.10. The van der Waals surface area contributed by atoms with E-state index in [0.717, 1.165) is 12.1 Å². The summed E-state index contributed by atoms with van der Waals surface area (Å²) in [5.74, 6) is -7.72. The van der Waals surface area contributed by atoms with Crippen LogP contribution in [-0.2, 0) is 0 Å². The van der Waals surface area contributed by atoms with Gasteiger partial charge in [-0.05, 0) is 28.1 Å². The molecule has 1 aromatic rings. The molecular formula is C11H6BrF5O3. The number of hydrogen-bond donors (Lipinski definition) is 0. The van der Waals surface area contributed by atoms with Crippen molar-refractivity contribution in [2.24, 2.45) is 0 Å². The number of ether oxygens (including phenoxy) is 2. The van der Waals surface area contributed by atoms with Gasteiger partial charge in [0.05, 0.1) is 0 Å². The quantitative estimate of drug-likeness (QED) is 0.597. The van der Waals surface area contributed by atoms with Gasteiger partial charge in [0, 0.05) is 10.0 Å². The molecule has 0 bridgehead atoms. The van der Waals surface area contributed by atoms with E-state index in [1.807, 2.05) is 0 Å². The van der Waals surface area contributed by atoms with Crippen molar-refractivity contribution in [3.8, 4) is 11.5 Å². The lowest BCUT2D eigenvalue weighted by molar-refractivity contribution is -0.255. The Morgan fingerprint density at radius 1 is 1.05 bits per heavy atom. The second-order valence-electron chi connectivity index (χ2n) is 3.88. The predicted octanol–water partition coefficient (Wildman–Crippen LogP) is 3.60. The molecule has 2 rings (SSSR count). The first-order chi connectivity index (χ1) is 9.14. The maximum absolute atomic E-state index is 13.1. The first-order valence-electron chi connectivity index (χ1n) is 5.23. The molecule has 0 saturated heterocycles. The number of rotatable bonds is 2. The van der Waals surface area contributed by atoms with E-state index in [2.05, 4.69) is 15.9 Å². The minimum atomic E-state index is -5.96. The summed E-state index contributed by atoms with van der Waals surface area (Å²) in [5, 5.41) is 0. The van der Waals surface area contributed by atoms with Crippen LogP contribution in [-0.4, -0.2) is 31.1 Å². The molecule has 9 heteroatoms. The molecule has 0 amide bonds. The summed E-state index contributed by atoms with van der Waals surface area (Å²) in [6.45, 7) is 0.323. The number of Topliss-reactive ketones (excluding diaryl/α,β-unsaturated/α-hetero) is 1. The topological polar surface area (TPSA) is 35.5 Å². The fraction of sp³-hybridized carbons (Fsp3) is 0.364. The average molecular weight is 361 g/mol. The number of hydrogen-bond acceptors (Lipinski definition) is 3. The molecule has 0 aliphatic carbocycles. The molecule has 0 spiro atoms. The van der Waals surface area contributed by atoms with Crippen molar-refractivity contribution in [2.75, 3.05) is 13.2 Å². The highest BCUT2D eigenvalue weighted by atomic mass is 79.9. The Labute approximate surface area is 117 Å². The lowest BCUT2D eigenvalue weighted by Crippen LogP contribution is -2.44. The minimum Gasteiger partial charge on any atom is -0.486 e. The number of carbonyl (C=O) groups is 1. The van der Waals surface area contributed by atoms with Gasteiger partial charge in [-0.1, -0.05) is 0 Å². The molecule has 1 aliphatic rings. The van der Waals surface area contributed by atoms with Crippen LogP contribution in [0.4, 0.5) is 22.0 Å². The number of halogens is 6. The maximum atomic E-state index is 13.1. The largest absolute Gasteiger partial charge is 0.486 e. The molecule has 0 N–H and O–H groups in total.